The maximum Gasteiger partial charge on any atom is 0.239 e. The number of carbonyl (C=O) groups is 1. The Labute approximate surface area is 119 Å². The summed E-state index contributed by atoms with van der Waals surface area (Å²) < 4.78 is 24.2. The average Bonchev–Trinajstić information content (AvgIpc) is 2.37. The van der Waals surface area contributed by atoms with Crippen LogP contribution in [0.1, 0.15) is 18.9 Å². The van der Waals surface area contributed by atoms with E-state index in [1.54, 1.807) is 24.3 Å². The smallest absolute Gasteiger partial charge is 0.239 e. The van der Waals surface area contributed by atoms with Gasteiger partial charge in [-0.05, 0) is 18.6 Å². The van der Waals surface area contributed by atoms with E-state index in [1.165, 1.54) is 0 Å². The van der Waals surface area contributed by atoms with E-state index >= 15 is 0 Å². The third-order valence-electron chi connectivity index (χ3n) is 2.58. The normalized spacial score (nSPS) is 11.1. The Morgan fingerprint density at radius 2 is 2.05 bits per heavy atom. The first-order valence-electron chi connectivity index (χ1n) is 6.12. The molecule has 6 nitrogen and oxygen atoms in total. The number of amides is 1. The minimum absolute atomic E-state index is 0.258. The molecule has 0 saturated heterocycles. The third kappa shape index (κ3) is 4.64. The zero-order chi connectivity index (χ0) is 15.2. The van der Waals surface area contributed by atoms with E-state index in [1.807, 2.05) is 13.0 Å². The largest absolute Gasteiger partial charge is 0.324 e. The summed E-state index contributed by atoms with van der Waals surface area (Å²) in [5.74, 6) is -0.466. The van der Waals surface area contributed by atoms with Gasteiger partial charge in [-0.3, -0.25) is 4.79 Å². The second-order valence-electron chi connectivity index (χ2n) is 4.30. The molecule has 0 atom stereocenters. The van der Waals surface area contributed by atoms with Gasteiger partial charge in [0.1, 0.15) is 6.07 Å². The zero-order valence-electron chi connectivity index (χ0n) is 11.5. The van der Waals surface area contributed by atoms with Crippen LogP contribution in [0.15, 0.2) is 24.3 Å². The average molecular weight is 295 g/mol. The van der Waals surface area contributed by atoms with Gasteiger partial charge in [0.25, 0.3) is 0 Å². The van der Waals surface area contributed by atoms with Crippen molar-refractivity contribution < 1.29 is 13.2 Å². The fourth-order valence-corrected chi connectivity index (χ4v) is 2.52. The highest BCUT2D eigenvalue weighted by molar-refractivity contribution is 7.88. The Morgan fingerprint density at radius 1 is 1.40 bits per heavy atom. The number of nitrogens with zero attached hydrogens (tertiary/aromatic N) is 2. The summed E-state index contributed by atoms with van der Waals surface area (Å²) in [6.07, 6.45) is 1.69. The topological polar surface area (TPSA) is 90.3 Å². The Hall–Kier alpha value is -1.91. The highest BCUT2D eigenvalue weighted by Crippen LogP contribution is 2.13. The van der Waals surface area contributed by atoms with Gasteiger partial charge in [-0.1, -0.05) is 19.1 Å². The van der Waals surface area contributed by atoms with Gasteiger partial charge in [-0.2, -0.15) is 9.57 Å². The third-order valence-corrected chi connectivity index (χ3v) is 3.83. The van der Waals surface area contributed by atoms with Gasteiger partial charge < -0.3 is 5.32 Å². The summed E-state index contributed by atoms with van der Waals surface area (Å²) in [5, 5.41) is 11.5. The lowest BCUT2D eigenvalue weighted by atomic mass is 10.2. The van der Waals surface area contributed by atoms with Crippen molar-refractivity contribution in [3.05, 3.63) is 29.8 Å². The fourth-order valence-electron chi connectivity index (χ4n) is 1.65. The van der Waals surface area contributed by atoms with E-state index in [0.29, 0.717) is 17.7 Å². The van der Waals surface area contributed by atoms with Gasteiger partial charge >= 0.3 is 0 Å². The summed E-state index contributed by atoms with van der Waals surface area (Å²) in [4.78, 5) is 11.9. The molecule has 20 heavy (non-hydrogen) atoms. The maximum absolute atomic E-state index is 11.9. The van der Waals surface area contributed by atoms with Crippen molar-refractivity contribution in [2.24, 2.45) is 0 Å². The molecule has 108 valence electrons. The van der Waals surface area contributed by atoms with Crippen LogP contribution in [0.3, 0.4) is 0 Å². The number of benzene rings is 1. The minimum atomic E-state index is -3.42. The molecule has 1 amide bonds. The highest BCUT2D eigenvalue weighted by Gasteiger charge is 2.19. The van der Waals surface area contributed by atoms with Crippen molar-refractivity contribution in [3.8, 4) is 6.07 Å². The first-order chi connectivity index (χ1) is 9.38. The molecule has 0 radical (unpaired) electrons. The molecule has 0 aliphatic rings. The van der Waals surface area contributed by atoms with E-state index in [4.69, 9.17) is 5.26 Å². The number of nitrogens with one attached hydrogen (secondary N) is 1. The molecular formula is C13H17N3O3S. The number of nitriles is 1. The molecule has 1 N–H and O–H groups in total. The van der Waals surface area contributed by atoms with Gasteiger partial charge in [-0.25, -0.2) is 8.42 Å². The molecule has 0 spiro atoms. The lowest BCUT2D eigenvalue weighted by Gasteiger charge is -2.18. The fraction of sp³-hybridized carbons (Fsp3) is 0.385. The molecule has 0 bridgehead atoms. The maximum atomic E-state index is 11.9. The zero-order valence-corrected chi connectivity index (χ0v) is 12.3. The summed E-state index contributed by atoms with van der Waals surface area (Å²) in [7, 11) is -3.42. The molecule has 1 rings (SSSR count). The number of hydrogen-bond donors (Lipinski definition) is 1. The number of hydrogen-bond acceptors (Lipinski definition) is 4. The Balaban J connectivity index is 2.79. The molecule has 0 unspecified atom stereocenters. The van der Waals surface area contributed by atoms with Gasteiger partial charge in [0.05, 0.1) is 24.1 Å². The summed E-state index contributed by atoms with van der Waals surface area (Å²) in [5.41, 5.74) is 0.715. The summed E-state index contributed by atoms with van der Waals surface area (Å²) >= 11 is 0. The first-order valence-corrected chi connectivity index (χ1v) is 7.97. The number of rotatable bonds is 6. The summed E-state index contributed by atoms with van der Waals surface area (Å²) in [6, 6.07) is 8.52. The van der Waals surface area contributed by atoms with E-state index in [2.05, 4.69) is 5.32 Å². The SMILES string of the molecule is CCCN(CC(=O)Nc1ccccc1C#N)S(C)(=O)=O. The monoisotopic (exact) mass is 295 g/mol. The Morgan fingerprint density at radius 3 is 2.60 bits per heavy atom. The number of anilines is 1. The van der Waals surface area contributed by atoms with Crippen LogP contribution >= 0.6 is 0 Å². The van der Waals surface area contributed by atoms with Gasteiger partial charge in [-0.15, -0.1) is 0 Å². The standard InChI is InChI=1S/C13H17N3O3S/c1-3-8-16(20(2,18)19)10-13(17)15-12-7-5-4-6-11(12)9-14/h4-7H,3,8,10H2,1-2H3,(H,15,17). The molecule has 0 saturated carbocycles. The molecular weight excluding hydrogens is 278 g/mol. The van der Waals surface area contributed by atoms with Crippen LogP contribution in [0.2, 0.25) is 0 Å². The second-order valence-corrected chi connectivity index (χ2v) is 6.28. The molecule has 0 heterocycles. The van der Waals surface area contributed by atoms with Crippen molar-refractivity contribution in [2.45, 2.75) is 13.3 Å². The van der Waals surface area contributed by atoms with Gasteiger partial charge in [0, 0.05) is 6.54 Å². The second kappa shape index (κ2) is 7.03. The molecule has 1 aromatic carbocycles. The van der Waals surface area contributed by atoms with Crippen molar-refractivity contribution in [2.75, 3.05) is 24.7 Å². The van der Waals surface area contributed by atoms with Gasteiger partial charge in [0.15, 0.2) is 0 Å². The van der Waals surface area contributed by atoms with Gasteiger partial charge in [0.2, 0.25) is 15.9 Å². The number of sulfonamides is 1. The van der Waals surface area contributed by atoms with Crippen LogP contribution in [0, 0.1) is 11.3 Å². The predicted octanol–water partition coefficient (Wildman–Crippen LogP) is 1.17. The lowest BCUT2D eigenvalue weighted by Crippen LogP contribution is -2.37. The molecule has 0 aliphatic carbocycles. The van der Waals surface area contributed by atoms with Crippen molar-refractivity contribution in [1.82, 2.24) is 4.31 Å². The van der Waals surface area contributed by atoms with Crippen molar-refractivity contribution in [3.63, 3.8) is 0 Å². The molecule has 0 aliphatic heterocycles. The van der Waals surface area contributed by atoms with E-state index in [-0.39, 0.29) is 13.1 Å². The van der Waals surface area contributed by atoms with Crippen molar-refractivity contribution in [1.29, 1.82) is 5.26 Å². The van der Waals surface area contributed by atoms with E-state index in [9.17, 15) is 13.2 Å². The van der Waals surface area contributed by atoms with Crippen molar-refractivity contribution >= 4 is 21.6 Å². The van der Waals surface area contributed by atoms with Crippen LogP contribution in [0.5, 0.6) is 0 Å². The molecule has 7 heteroatoms. The summed E-state index contributed by atoms with van der Waals surface area (Å²) in [6.45, 7) is 1.86. The van der Waals surface area contributed by atoms with E-state index in [0.717, 1.165) is 10.6 Å². The number of para-hydroxylation sites is 1. The molecule has 0 fully saturated rings. The van der Waals surface area contributed by atoms with E-state index < -0.39 is 15.9 Å². The molecule has 1 aromatic rings. The predicted molar refractivity (Wildman–Crippen MR) is 76.5 cm³/mol. The van der Waals surface area contributed by atoms with Crippen LogP contribution in [-0.2, 0) is 14.8 Å². The minimum Gasteiger partial charge on any atom is -0.324 e. The quantitative estimate of drug-likeness (QED) is 0.853. The van der Waals surface area contributed by atoms with Crippen LogP contribution in [-0.4, -0.2) is 38.0 Å². The van der Waals surface area contributed by atoms with Crippen LogP contribution in [0.4, 0.5) is 5.69 Å². The first kappa shape index (κ1) is 16.1. The Kier molecular flexibility index (Phi) is 5.67. The lowest BCUT2D eigenvalue weighted by molar-refractivity contribution is -0.116. The van der Waals surface area contributed by atoms with Crippen LogP contribution < -0.4 is 5.32 Å². The molecule has 0 aromatic heterocycles. The Bertz CT molecular complexity index is 620. The number of carbonyl (C=O) groups excluding carboxylic acids is 1. The van der Waals surface area contributed by atoms with Crippen LogP contribution in [0.25, 0.3) is 0 Å². The highest BCUT2D eigenvalue weighted by atomic mass is 32.2.